The van der Waals surface area contributed by atoms with Crippen LogP contribution in [0.4, 0.5) is 5.82 Å². The lowest BCUT2D eigenvalue weighted by Crippen LogP contribution is -2.27. The Morgan fingerprint density at radius 2 is 1.87 bits per heavy atom. The number of carbonyl (C=O) groups excluding carboxylic acids is 1. The molecule has 190 valence electrons. The van der Waals surface area contributed by atoms with Gasteiger partial charge in [-0.1, -0.05) is 66.4 Å². The number of hydrogen-bond acceptors (Lipinski definition) is 8. The highest BCUT2D eigenvalue weighted by atomic mass is 32.2. The monoisotopic (exact) mass is 542 g/mol. The second-order valence-corrected chi connectivity index (χ2v) is 10.5. The molecule has 4 aromatic rings. The molecule has 10 heteroatoms. The summed E-state index contributed by atoms with van der Waals surface area (Å²) >= 11 is 6.71. The van der Waals surface area contributed by atoms with Gasteiger partial charge in [0.1, 0.15) is 15.8 Å². The number of benzene rings is 2. The third kappa shape index (κ3) is 4.52. The first-order valence-electron chi connectivity index (χ1n) is 11.9. The van der Waals surface area contributed by atoms with Crippen molar-refractivity contribution in [3.8, 4) is 11.5 Å². The van der Waals surface area contributed by atoms with Crippen LogP contribution in [0, 0.1) is 0 Å². The zero-order valence-corrected chi connectivity index (χ0v) is 21.9. The van der Waals surface area contributed by atoms with Crippen LogP contribution in [0.15, 0.2) is 82.6 Å². The number of nitrogens with one attached hydrogen (secondary N) is 1. The SMILES string of the molecule is C[C@@H](Nc1nc2ccccn2c(=O)c1/C=C1\SC(=S)N(Cc2ccc3c(c2)OCO3)C1=O)c1ccccc1. The predicted octanol–water partition coefficient (Wildman–Crippen LogP) is 5.00. The molecule has 0 aliphatic carbocycles. The third-order valence-corrected chi connectivity index (χ3v) is 7.73. The number of aromatic nitrogens is 2. The number of hydrogen-bond donors (Lipinski definition) is 1. The van der Waals surface area contributed by atoms with Gasteiger partial charge in [-0.2, -0.15) is 0 Å². The molecule has 0 unspecified atom stereocenters. The van der Waals surface area contributed by atoms with Gasteiger partial charge in [0.25, 0.3) is 11.5 Å². The number of nitrogens with zero attached hydrogens (tertiary/aromatic N) is 3. The summed E-state index contributed by atoms with van der Waals surface area (Å²) in [5.74, 6) is 1.45. The van der Waals surface area contributed by atoms with Crippen LogP contribution in [0.3, 0.4) is 0 Å². The summed E-state index contributed by atoms with van der Waals surface area (Å²) in [5, 5.41) is 3.37. The van der Waals surface area contributed by atoms with Gasteiger partial charge < -0.3 is 14.8 Å². The number of ether oxygens (including phenoxy) is 2. The van der Waals surface area contributed by atoms with E-state index in [1.165, 1.54) is 21.1 Å². The zero-order chi connectivity index (χ0) is 26.2. The highest BCUT2D eigenvalue weighted by molar-refractivity contribution is 8.26. The van der Waals surface area contributed by atoms with Gasteiger partial charge in [0.2, 0.25) is 6.79 Å². The van der Waals surface area contributed by atoms with E-state index in [4.69, 9.17) is 26.7 Å². The van der Waals surface area contributed by atoms with Crippen molar-refractivity contribution in [1.29, 1.82) is 0 Å². The van der Waals surface area contributed by atoms with E-state index >= 15 is 0 Å². The molecule has 2 aliphatic heterocycles. The van der Waals surface area contributed by atoms with E-state index in [9.17, 15) is 9.59 Å². The van der Waals surface area contributed by atoms with Crippen molar-refractivity contribution in [1.82, 2.24) is 14.3 Å². The van der Waals surface area contributed by atoms with Crippen molar-refractivity contribution in [3.05, 3.63) is 105 Å². The fraction of sp³-hybridized carbons (Fsp3) is 0.143. The van der Waals surface area contributed by atoms with Crippen molar-refractivity contribution in [2.45, 2.75) is 19.5 Å². The maximum absolute atomic E-state index is 13.6. The van der Waals surface area contributed by atoms with Crippen molar-refractivity contribution in [3.63, 3.8) is 0 Å². The van der Waals surface area contributed by atoms with Crippen LogP contribution in [-0.2, 0) is 11.3 Å². The van der Waals surface area contributed by atoms with Gasteiger partial charge in [-0.15, -0.1) is 0 Å². The van der Waals surface area contributed by atoms with Crippen LogP contribution >= 0.6 is 24.0 Å². The number of amides is 1. The number of thiocarbonyl (C=S) groups is 1. The predicted molar refractivity (Wildman–Crippen MR) is 151 cm³/mol. The summed E-state index contributed by atoms with van der Waals surface area (Å²) in [4.78, 5) is 33.6. The molecule has 2 aromatic carbocycles. The van der Waals surface area contributed by atoms with Gasteiger partial charge in [0.05, 0.1) is 17.0 Å². The van der Waals surface area contributed by atoms with Crippen molar-refractivity contribution >= 4 is 51.7 Å². The molecule has 4 heterocycles. The molecule has 1 saturated heterocycles. The number of rotatable bonds is 6. The van der Waals surface area contributed by atoms with Crippen molar-refractivity contribution in [2.75, 3.05) is 12.1 Å². The van der Waals surface area contributed by atoms with E-state index in [2.05, 4.69) is 5.32 Å². The Balaban J connectivity index is 1.35. The Morgan fingerprint density at radius 3 is 2.71 bits per heavy atom. The highest BCUT2D eigenvalue weighted by Crippen LogP contribution is 2.37. The summed E-state index contributed by atoms with van der Waals surface area (Å²) in [7, 11) is 0. The molecule has 1 atom stereocenters. The Bertz CT molecular complexity index is 1670. The average molecular weight is 543 g/mol. The summed E-state index contributed by atoms with van der Waals surface area (Å²) in [5.41, 5.74) is 2.43. The number of pyridine rings is 1. The molecule has 1 fully saturated rings. The van der Waals surface area contributed by atoms with Gasteiger partial charge in [0.15, 0.2) is 11.5 Å². The zero-order valence-electron chi connectivity index (χ0n) is 20.3. The molecular weight excluding hydrogens is 520 g/mol. The molecule has 1 amide bonds. The second-order valence-electron chi connectivity index (χ2n) is 8.84. The molecule has 0 radical (unpaired) electrons. The molecule has 1 N–H and O–H groups in total. The number of fused-ring (bicyclic) bond motifs is 2. The molecule has 6 rings (SSSR count). The van der Waals surface area contributed by atoms with Crippen LogP contribution in [0.2, 0.25) is 0 Å². The smallest absolute Gasteiger partial charge is 0.267 e. The first-order valence-corrected chi connectivity index (χ1v) is 13.2. The molecule has 8 nitrogen and oxygen atoms in total. The van der Waals surface area contributed by atoms with Crippen molar-refractivity contribution < 1.29 is 14.3 Å². The number of thioether (sulfide) groups is 1. The topological polar surface area (TPSA) is 85.2 Å². The number of carbonyl (C=O) groups is 1. The minimum Gasteiger partial charge on any atom is -0.454 e. The van der Waals surface area contributed by atoms with Gasteiger partial charge in [0, 0.05) is 12.2 Å². The molecule has 38 heavy (non-hydrogen) atoms. The summed E-state index contributed by atoms with van der Waals surface area (Å²) in [6.45, 7) is 2.46. The van der Waals surface area contributed by atoms with Gasteiger partial charge >= 0.3 is 0 Å². The maximum atomic E-state index is 13.6. The van der Waals surface area contributed by atoms with Crippen LogP contribution in [0.5, 0.6) is 11.5 Å². The fourth-order valence-electron chi connectivity index (χ4n) is 4.36. The summed E-state index contributed by atoms with van der Waals surface area (Å²) in [6, 6.07) is 20.7. The van der Waals surface area contributed by atoms with E-state index in [0.717, 1.165) is 11.1 Å². The van der Waals surface area contributed by atoms with Crippen LogP contribution in [0.1, 0.15) is 29.7 Å². The van der Waals surface area contributed by atoms with Gasteiger partial charge in [-0.25, -0.2) is 4.98 Å². The minimum absolute atomic E-state index is 0.123. The lowest BCUT2D eigenvalue weighted by molar-refractivity contribution is -0.122. The standard InChI is InChI=1S/C28H22N4O4S2/c1-17(19-7-3-2-4-8-19)29-25-20(26(33)31-12-6-5-9-24(31)30-25)14-23-27(34)32(28(37)38-23)15-18-10-11-21-22(13-18)36-16-35-21/h2-14,17,29H,15-16H2,1H3/b23-14-/t17-/m1/s1. The lowest BCUT2D eigenvalue weighted by atomic mass is 10.1. The number of anilines is 1. The molecular formula is C28H22N4O4S2. The Morgan fingerprint density at radius 1 is 1.08 bits per heavy atom. The highest BCUT2D eigenvalue weighted by Gasteiger charge is 2.33. The van der Waals surface area contributed by atoms with Gasteiger partial charge in [-0.3, -0.25) is 18.9 Å². The average Bonchev–Trinajstić information content (AvgIpc) is 3.51. The lowest BCUT2D eigenvalue weighted by Gasteiger charge is -2.17. The Kier molecular flexibility index (Phi) is 6.34. The fourth-order valence-corrected chi connectivity index (χ4v) is 5.60. The Hall–Kier alpha value is -4.15. The van der Waals surface area contributed by atoms with Crippen LogP contribution < -0.4 is 20.3 Å². The maximum Gasteiger partial charge on any atom is 0.267 e. The summed E-state index contributed by atoms with van der Waals surface area (Å²) < 4.78 is 12.7. The van der Waals surface area contributed by atoms with Crippen LogP contribution in [-0.4, -0.2) is 31.3 Å². The van der Waals surface area contributed by atoms with E-state index in [1.807, 2.05) is 61.5 Å². The third-order valence-electron chi connectivity index (χ3n) is 6.35. The first-order chi connectivity index (χ1) is 18.5. The normalized spacial score (nSPS) is 16.4. The van der Waals surface area contributed by atoms with E-state index in [1.54, 1.807) is 24.4 Å². The minimum atomic E-state index is -0.278. The second kappa shape index (κ2) is 9.96. The van der Waals surface area contributed by atoms with E-state index in [-0.39, 0.29) is 30.8 Å². The molecule has 2 aromatic heterocycles. The van der Waals surface area contributed by atoms with E-state index in [0.29, 0.717) is 37.8 Å². The quantitative estimate of drug-likeness (QED) is 0.269. The molecule has 0 bridgehead atoms. The Labute approximate surface area is 227 Å². The summed E-state index contributed by atoms with van der Waals surface area (Å²) in [6.07, 6.45) is 3.25. The largest absolute Gasteiger partial charge is 0.454 e. The van der Waals surface area contributed by atoms with Crippen molar-refractivity contribution in [2.24, 2.45) is 0 Å². The molecule has 0 saturated carbocycles. The van der Waals surface area contributed by atoms with Gasteiger partial charge in [-0.05, 0) is 48.4 Å². The first kappa shape index (κ1) is 24.2. The molecule has 0 spiro atoms. The van der Waals surface area contributed by atoms with Crippen LogP contribution in [0.25, 0.3) is 11.7 Å². The van der Waals surface area contributed by atoms with E-state index < -0.39 is 0 Å². The molecule has 2 aliphatic rings.